The first-order valence-corrected chi connectivity index (χ1v) is 11.8. The number of ether oxygens (including phenoxy) is 1. The molecule has 0 bridgehead atoms. The van der Waals surface area contributed by atoms with Gasteiger partial charge in [-0.25, -0.2) is 0 Å². The molecular formula is C27H33F2N3O2. The van der Waals surface area contributed by atoms with Crippen LogP contribution in [0.15, 0.2) is 60.9 Å². The average molecular weight is 470 g/mol. The van der Waals surface area contributed by atoms with Gasteiger partial charge in [-0.1, -0.05) is 56.3 Å². The van der Waals surface area contributed by atoms with Crippen LogP contribution < -0.4 is 4.74 Å². The Bertz CT molecular complexity index is 1070. The lowest BCUT2D eigenvalue weighted by Gasteiger charge is -2.40. The van der Waals surface area contributed by atoms with Gasteiger partial charge >= 0.3 is 6.61 Å². The van der Waals surface area contributed by atoms with Gasteiger partial charge in [0.1, 0.15) is 5.75 Å². The van der Waals surface area contributed by atoms with E-state index in [0.717, 1.165) is 48.2 Å². The zero-order valence-electron chi connectivity index (χ0n) is 19.8. The van der Waals surface area contributed by atoms with Crippen molar-refractivity contribution in [3.05, 3.63) is 72.1 Å². The molecule has 4 rings (SSSR count). The molecule has 0 aliphatic carbocycles. The lowest BCUT2D eigenvalue weighted by molar-refractivity contribution is -0.0509. The van der Waals surface area contributed by atoms with E-state index in [1.54, 1.807) is 12.3 Å². The fourth-order valence-electron chi connectivity index (χ4n) is 4.65. The summed E-state index contributed by atoms with van der Waals surface area (Å²) in [6, 6.07) is 15.5. The molecule has 0 amide bonds. The van der Waals surface area contributed by atoms with Crippen LogP contribution in [0, 0.1) is 11.3 Å². The first kappa shape index (κ1) is 24.4. The number of rotatable bonds is 9. The summed E-state index contributed by atoms with van der Waals surface area (Å²) in [6.07, 6.45) is 5.75. The molecule has 0 radical (unpaired) electrons. The fraction of sp³-hybridized carbons (Fsp3) is 0.444. The molecule has 2 aromatic carbocycles. The van der Waals surface area contributed by atoms with Gasteiger partial charge in [0.05, 0.1) is 12.7 Å². The number of piperidine rings is 1. The van der Waals surface area contributed by atoms with Gasteiger partial charge in [-0.05, 0) is 47.9 Å². The molecule has 0 spiro atoms. The van der Waals surface area contributed by atoms with Crippen LogP contribution in [-0.4, -0.2) is 46.1 Å². The minimum atomic E-state index is -2.89. The molecule has 1 saturated heterocycles. The highest BCUT2D eigenvalue weighted by Crippen LogP contribution is 2.35. The van der Waals surface area contributed by atoms with Crippen LogP contribution in [0.4, 0.5) is 8.78 Å². The zero-order chi connectivity index (χ0) is 24.1. The summed E-state index contributed by atoms with van der Waals surface area (Å²) >= 11 is 0. The number of aliphatic hydroxyl groups excluding tert-OH is 1. The summed E-state index contributed by atoms with van der Waals surface area (Å²) in [5.74, 6) is 0.562. The summed E-state index contributed by atoms with van der Waals surface area (Å²) in [5, 5.41) is 14.2. The highest BCUT2D eigenvalue weighted by molar-refractivity contribution is 5.64. The Kier molecular flexibility index (Phi) is 7.63. The van der Waals surface area contributed by atoms with E-state index in [9.17, 15) is 13.9 Å². The Hall–Kier alpha value is -2.77. The molecule has 5 nitrogen and oxygen atoms in total. The predicted molar refractivity (Wildman–Crippen MR) is 129 cm³/mol. The van der Waals surface area contributed by atoms with Crippen LogP contribution >= 0.6 is 0 Å². The summed E-state index contributed by atoms with van der Waals surface area (Å²) in [5.41, 5.74) is 3.35. The Morgan fingerprint density at radius 2 is 1.91 bits per heavy atom. The van der Waals surface area contributed by atoms with Crippen molar-refractivity contribution in [3.8, 4) is 16.9 Å². The molecule has 1 aliphatic rings. The SMILES string of the molecule is CC(C)(CO)[C@H]1CCCN(Cc2ccc(-c3cnn(Cc4ccccc4)c3)cc2OC(F)F)C1. The molecule has 3 aromatic rings. The van der Waals surface area contributed by atoms with E-state index >= 15 is 0 Å². The smallest absolute Gasteiger partial charge is 0.387 e. The van der Waals surface area contributed by atoms with E-state index < -0.39 is 6.61 Å². The maximum atomic E-state index is 13.2. The molecule has 182 valence electrons. The van der Waals surface area contributed by atoms with Crippen LogP contribution in [0.3, 0.4) is 0 Å². The maximum Gasteiger partial charge on any atom is 0.387 e. The van der Waals surface area contributed by atoms with Crippen LogP contribution in [0.5, 0.6) is 5.75 Å². The number of hydrogen-bond donors (Lipinski definition) is 1. The molecule has 1 aromatic heterocycles. The Labute approximate surface area is 200 Å². The molecular weight excluding hydrogens is 436 g/mol. The van der Waals surface area contributed by atoms with Crippen LogP contribution in [-0.2, 0) is 13.1 Å². The number of aromatic nitrogens is 2. The number of halogens is 2. The molecule has 2 heterocycles. The van der Waals surface area contributed by atoms with Gasteiger partial charge in [0, 0.05) is 37.0 Å². The molecule has 1 atom stereocenters. The van der Waals surface area contributed by atoms with Crippen molar-refractivity contribution in [2.45, 2.75) is 46.4 Å². The number of likely N-dealkylation sites (tertiary alicyclic amines) is 1. The maximum absolute atomic E-state index is 13.2. The number of nitrogens with zero attached hydrogens (tertiary/aromatic N) is 3. The van der Waals surface area contributed by atoms with Gasteiger partial charge in [-0.15, -0.1) is 0 Å². The van der Waals surface area contributed by atoms with Gasteiger partial charge in [-0.3, -0.25) is 9.58 Å². The van der Waals surface area contributed by atoms with Crippen LogP contribution in [0.25, 0.3) is 11.1 Å². The molecule has 0 unspecified atom stereocenters. The Morgan fingerprint density at radius 1 is 1.12 bits per heavy atom. The standard InChI is InChI=1S/C27H33F2N3O2/c1-27(2,19-33)24-9-6-12-31(18-24)16-22-11-10-21(13-25(22)34-26(28)29)23-14-30-32(17-23)15-20-7-4-3-5-8-20/h3-5,7-8,10-11,13-14,17,24,26,33H,6,9,12,15-16,18-19H2,1-2H3/t24-/m0/s1. The van der Waals surface area contributed by atoms with Crippen LogP contribution in [0.2, 0.25) is 0 Å². The minimum absolute atomic E-state index is 0.137. The van der Waals surface area contributed by atoms with Crippen molar-refractivity contribution in [2.75, 3.05) is 19.7 Å². The third-order valence-corrected chi connectivity index (χ3v) is 6.85. The number of alkyl halides is 2. The van der Waals surface area contributed by atoms with Crippen molar-refractivity contribution in [2.24, 2.45) is 11.3 Å². The Balaban J connectivity index is 1.51. The monoisotopic (exact) mass is 469 g/mol. The number of hydrogen-bond acceptors (Lipinski definition) is 4. The highest BCUT2D eigenvalue weighted by atomic mass is 19.3. The minimum Gasteiger partial charge on any atom is -0.434 e. The zero-order valence-corrected chi connectivity index (χ0v) is 19.8. The van der Waals surface area contributed by atoms with Gasteiger partial charge in [0.25, 0.3) is 0 Å². The Morgan fingerprint density at radius 3 is 2.65 bits per heavy atom. The summed E-state index contributed by atoms with van der Waals surface area (Å²) in [7, 11) is 0. The summed E-state index contributed by atoms with van der Waals surface area (Å²) in [4.78, 5) is 2.27. The normalized spacial score (nSPS) is 17.3. The first-order chi connectivity index (χ1) is 16.3. The van der Waals surface area contributed by atoms with E-state index in [4.69, 9.17) is 4.74 Å². The third-order valence-electron chi connectivity index (χ3n) is 6.85. The van der Waals surface area contributed by atoms with Crippen molar-refractivity contribution >= 4 is 0 Å². The second-order valence-corrected chi connectivity index (χ2v) is 9.83. The number of benzene rings is 2. The van der Waals surface area contributed by atoms with Gasteiger partial charge < -0.3 is 9.84 Å². The largest absolute Gasteiger partial charge is 0.434 e. The lowest BCUT2D eigenvalue weighted by atomic mass is 9.75. The third kappa shape index (κ3) is 6.02. The highest BCUT2D eigenvalue weighted by Gasteiger charge is 2.33. The second kappa shape index (κ2) is 10.7. The van der Waals surface area contributed by atoms with Gasteiger partial charge in [0.2, 0.25) is 0 Å². The van der Waals surface area contributed by atoms with Crippen molar-refractivity contribution < 1.29 is 18.6 Å². The molecule has 1 N–H and O–H groups in total. The van der Waals surface area contributed by atoms with Crippen molar-refractivity contribution in [1.82, 2.24) is 14.7 Å². The van der Waals surface area contributed by atoms with Gasteiger partial charge in [-0.2, -0.15) is 13.9 Å². The lowest BCUT2D eigenvalue weighted by Crippen LogP contribution is -2.42. The average Bonchev–Trinajstić information content (AvgIpc) is 3.29. The quantitative estimate of drug-likeness (QED) is 0.454. The van der Waals surface area contributed by atoms with E-state index in [2.05, 4.69) is 23.8 Å². The molecule has 7 heteroatoms. The fourth-order valence-corrected chi connectivity index (χ4v) is 4.65. The van der Waals surface area contributed by atoms with E-state index in [1.807, 2.05) is 53.3 Å². The van der Waals surface area contributed by atoms with E-state index in [1.165, 1.54) is 0 Å². The van der Waals surface area contributed by atoms with Crippen molar-refractivity contribution in [1.29, 1.82) is 0 Å². The predicted octanol–water partition coefficient (Wildman–Crippen LogP) is 5.43. The van der Waals surface area contributed by atoms with E-state index in [-0.39, 0.29) is 17.8 Å². The number of aliphatic hydroxyl groups is 1. The molecule has 0 saturated carbocycles. The first-order valence-electron chi connectivity index (χ1n) is 11.8. The topological polar surface area (TPSA) is 50.5 Å². The van der Waals surface area contributed by atoms with Crippen LogP contribution in [0.1, 0.15) is 37.8 Å². The summed E-state index contributed by atoms with van der Waals surface area (Å²) < 4.78 is 33.3. The van der Waals surface area contributed by atoms with Gasteiger partial charge in [0.15, 0.2) is 0 Å². The molecule has 1 fully saturated rings. The molecule has 34 heavy (non-hydrogen) atoms. The molecule has 1 aliphatic heterocycles. The second-order valence-electron chi connectivity index (χ2n) is 9.83. The van der Waals surface area contributed by atoms with E-state index in [0.29, 0.717) is 19.0 Å². The summed E-state index contributed by atoms with van der Waals surface area (Å²) in [6.45, 7) is 4.32. The van der Waals surface area contributed by atoms with Crippen molar-refractivity contribution in [3.63, 3.8) is 0 Å².